The first-order valence-corrected chi connectivity index (χ1v) is 11.7. The van der Waals surface area contributed by atoms with E-state index in [9.17, 15) is 4.79 Å². The molecule has 0 saturated carbocycles. The van der Waals surface area contributed by atoms with Crippen LogP contribution in [0.2, 0.25) is 5.02 Å². The van der Waals surface area contributed by atoms with E-state index in [1.165, 1.54) is 11.8 Å². The highest BCUT2D eigenvalue weighted by Crippen LogP contribution is 2.28. The second kappa shape index (κ2) is 10.5. The third kappa shape index (κ3) is 5.88. The third-order valence-electron chi connectivity index (χ3n) is 4.81. The highest BCUT2D eigenvalue weighted by atomic mass is 35.5. The molecule has 1 amide bonds. The Morgan fingerprint density at radius 3 is 2.52 bits per heavy atom. The molecule has 0 aliphatic heterocycles. The summed E-state index contributed by atoms with van der Waals surface area (Å²) in [4.78, 5) is 12.4. The smallest absolute Gasteiger partial charge is 0.250 e. The minimum absolute atomic E-state index is 0.144. The number of hydrogen-bond acceptors (Lipinski definition) is 5. The first kappa shape index (κ1) is 22.8. The fraction of sp³-hybridized carbons (Fsp3) is 0.120. The molecule has 3 aromatic carbocycles. The number of amides is 1. The van der Waals surface area contributed by atoms with Gasteiger partial charge in [-0.15, -0.1) is 10.2 Å². The molecule has 0 unspecified atom stereocenters. The molecule has 0 spiro atoms. The fourth-order valence-corrected chi connectivity index (χ4v) is 4.04. The number of aromatic nitrogens is 3. The summed E-state index contributed by atoms with van der Waals surface area (Å²) in [5.41, 5.74) is 7.58. The Morgan fingerprint density at radius 1 is 1.03 bits per heavy atom. The molecule has 4 aromatic rings. The van der Waals surface area contributed by atoms with Crippen LogP contribution in [0.15, 0.2) is 83.1 Å². The van der Waals surface area contributed by atoms with Gasteiger partial charge in [0.2, 0.25) is 0 Å². The van der Waals surface area contributed by atoms with E-state index in [1.54, 1.807) is 6.21 Å². The van der Waals surface area contributed by atoms with Crippen LogP contribution in [-0.4, -0.2) is 32.6 Å². The van der Waals surface area contributed by atoms with E-state index >= 15 is 0 Å². The number of nitrogens with zero attached hydrogens (tertiary/aromatic N) is 4. The van der Waals surface area contributed by atoms with Crippen molar-refractivity contribution in [2.75, 3.05) is 5.75 Å². The topological polar surface area (TPSA) is 72.2 Å². The summed E-state index contributed by atoms with van der Waals surface area (Å²) in [5, 5.41) is 14.0. The predicted octanol–water partition coefficient (Wildman–Crippen LogP) is 5.45. The highest BCUT2D eigenvalue weighted by Gasteiger charge is 2.17. The van der Waals surface area contributed by atoms with E-state index in [0.717, 1.165) is 27.9 Å². The molecular weight excluding hydrogens is 454 g/mol. The molecule has 0 bridgehead atoms. The molecule has 0 aliphatic rings. The first-order valence-electron chi connectivity index (χ1n) is 10.3. The Labute approximate surface area is 201 Å². The maximum Gasteiger partial charge on any atom is 0.250 e. The van der Waals surface area contributed by atoms with Crippen LogP contribution in [0, 0.1) is 13.8 Å². The number of carbonyl (C=O) groups excluding carboxylic acids is 1. The molecule has 0 fully saturated rings. The summed E-state index contributed by atoms with van der Waals surface area (Å²) in [5.74, 6) is 0.606. The van der Waals surface area contributed by atoms with Gasteiger partial charge in [0.05, 0.1) is 12.0 Å². The molecular formula is C25H22ClN5OS. The number of benzene rings is 3. The van der Waals surface area contributed by atoms with Crippen molar-refractivity contribution >= 4 is 35.5 Å². The first-order chi connectivity index (χ1) is 16.0. The van der Waals surface area contributed by atoms with Crippen molar-refractivity contribution in [2.24, 2.45) is 5.10 Å². The predicted molar refractivity (Wildman–Crippen MR) is 134 cm³/mol. The van der Waals surface area contributed by atoms with E-state index in [0.29, 0.717) is 16.0 Å². The number of hydrogen-bond donors (Lipinski definition) is 1. The number of nitrogens with one attached hydrogen (secondary N) is 1. The number of rotatable bonds is 7. The average Bonchev–Trinajstić information content (AvgIpc) is 3.23. The van der Waals surface area contributed by atoms with Crippen LogP contribution in [0.1, 0.15) is 16.7 Å². The van der Waals surface area contributed by atoms with E-state index < -0.39 is 0 Å². The second-order valence-electron chi connectivity index (χ2n) is 7.48. The van der Waals surface area contributed by atoms with Gasteiger partial charge in [-0.25, -0.2) is 5.43 Å². The summed E-state index contributed by atoms with van der Waals surface area (Å²) in [6.07, 6.45) is 1.63. The third-order valence-corrected chi connectivity index (χ3v) is 5.99. The maximum absolute atomic E-state index is 12.4. The normalized spacial score (nSPS) is 11.1. The Kier molecular flexibility index (Phi) is 7.22. The SMILES string of the molecule is Cc1ccc(-c2nnc(SCC(=O)N/N=C\c3cccc(C)c3)n2-c2ccc(Cl)cc2)cc1. The van der Waals surface area contributed by atoms with Crippen LogP contribution in [0.5, 0.6) is 0 Å². The van der Waals surface area contributed by atoms with E-state index in [4.69, 9.17) is 11.6 Å². The molecule has 0 radical (unpaired) electrons. The van der Waals surface area contributed by atoms with Gasteiger partial charge in [-0.05, 0) is 43.7 Å². The fourth-order valence-electron chi connectivity index (χ4n) is 3.17. The van der Waals surface area contributed by atoms with Gasteiger partial charge in [-0.3, -0.25) is 9.36 Å². The van der Waals surface area contributed by atoms with Crippen molar-refractivity contribution in [3.05, 3.63) is 94.5 Å². The quantitative estimate of drug-likeness (QED) is 0.219. The lowest BCUT2D eigenvalue weighted by Crippen LogP contribution is -2.20. The summed E-state index contributed by atoms with van der Waals surface area (Å²) in [6.45, 7) is 4.04. The lowest BCUT2D eigenvalue weighted by Gasteiger charge is -2.10. The van der Waals surface area contributed by atoms with Crippen molar-refractivity contribution in [1.82, 2.24) is 20.2 Å². The van der Waals surface area contributed by atoms with Crippen LogP contribution in [0.25, 0.3) is 17.1 Å². The molecule has 0 saturated heterocycles. The molecule has 1 N–H and O–H groups in total. The Hall–Kier alpha value is -3.42. The zero-order chi connectivity index (χ0) is 23.2. The van der Waals surface area contributed by atoms with E-state index in [2.05, 4.69) is 20.7 Å². The van der Waals surface area contributed by atoms with E-state index in [-0.39, 0.29) is 11.7 Å². The van der Waals surface area contributed by atoms with Crippen molar-refractivity contribution in [2.45, 2.75) is 19.0 Å². The van der Waals surface area contributed by atoms with Crippen molar-refractivity contribution in [1.29, 1.82) is 0 Å². The molecule has 4 rings (SSSR count). The highest BCUT2D eigenvalue weighted by molar-refractivity contribution is 7.99. The molecule has 33 heavy (non-hydrogen) atoms. The Morgan fingerprint density at radius 2 is 1.79 bits per heavy atom. The lowest BCUT2D eigenvalue weighted by molar-refractivity contribution is -0.118. The standard InChI is InChI=1S/C25H22ClN5OS/c1-17-6-8-20(9-7-17)24-29-30-25(31(24)22-12-10-21(26)11-13-22)33-16-23(32)28-27-15-19-5-3-4-18(2)14-19/h3-15H,16H2,1-2H3,(H,28,32)/b27-15-. The van der Waals surface area contributed by atoms with Gasteiger partial charge >= 0.3 is 0 Å². The maximum atomic E-state index is 12.4. The van der Waals surface area contributed by atoms with Gasteiger partial charge in [0.15, 0.2) is 11.0 Å². The zero-order valence-corrected chi connectivity index (χ0v) is 19.8. The molecule has 6 nitrogen and oxygen atoms in total. The Bertz CT molecular complexity index is 1280. The van der Waals surface area contributed by atoms with Crippen LogP contribution in [-0.2, 0) is 4.79 Å². The summed E-state index contributed by atoms with van der Waals surface area (Å²) >= 11 is 7.37. The molecule has 0 aliphatic carbocycles. The molecule has 166 valence electrons. The van der Waals surface area contributed by atoms with Gasteiger partial charge in [-0.2, -0.15) is 5.10 Å². The number of aryl methyl sites for hydroxylation is 2. The number of thioether (sulfide) groups is 1. The van der Waals surface area contributed by atoms with Crippen LogP contribution >= 0.6 is 23.4 Å². The molecule has 0 atom stereocenters. The zero-order valence-electron chi connectivity index (χ0n) is 18.2. The van der Waals surface area contributed by atoms with Crippen molar-refractivity contribution in [3.63, 3.8) is 0 Å². The van der Waals surface area contributed by atoms with Crippen molar-refractivity contribution in [3.8, 4) is 17.1 Å². The van der Waals surface area contributed by atoms with Crippen molar-refractivity contribution < 1.29 is 4.79 Å². The van der Waals surface area contributed by atoms with E-state index in [1.807, 2.05) is 91.2 Å². The summed E-state index contributed by atoms with van der Waals surface area (Å²) in [6, 6.07) is 23.4. The molecule has 1 heterocycles. The summed E-state index contributed by atoms with van der Waals surface area (Å²) < 4.78 is 1.93. The molecule has 1 aromatic heterocycles. The summed E-state index contributed by atoms with van der Waals surface area (Å²) in [7, 11) is 0. The minimum Gasteiger partial charge on any atom is -0.272 e. The number of carbonyl (C=O) groups is 1. The van der Waals surface area contributed by atoms with Crippen LogP contribution < -0.4 is 5.43 Å². The van der Waals surface area contributed by atoms with Crippen LogP contribution in [0.4, 0.5) is 0 Å². The minimum atomic E-state index is -0.230. The monoisotopic (exact) mass is 475 g/mol. The van der Waals surface area contributed by atoms with Gasteiger partial charge in [0.1, 0.15) is 0 Å². The average molecular weight is 476 g/mol. The second-order valence-corrected chi connectivity index (χ2v) is 8.86. The van der Waals surface area contributed by atoms with Gasteiger partial charge < -0.3 is 0 Å². The number of hydrazone groups is 1. The van der Waals surface area contributed by atoms with Gasteiger partial charge in [0.25, 0.3) is 5.91 Å². The number of halogens is 1. The lowest BCUT2D eigenvalue weighted by atomic mass is 10.1. The van der Waals surface area contributed by atoms with Crippen LogP contribution in [0.3, 0.4) is 0 Å². The largest absolute Gasteiger partial charge is 0.272 e. The van der Waals surface area contributed by atoms with Gasteiger partial charge in [-0.1, -0.05) is 83.0 Å². The van der Waals surface area contributed by atoms with Gasteiger partial charge in [0, 0.05) is 16.3 Å². The molecule has 8 heteroatoms. The Balaban J connectivity index is 1.51.